The fraction of sp³-hybridized carbons (Fsp3) is 0.818. The van der Waals surface area contributed by atoms with Gasteiger partial charge in [0.05, 0.1) is 39.0 Å². The van der Waals surface area contributed by atoms with Crippen LogP contribution >= 0.6 is 0 Å². The van der Waals surface area contributed by atoms with Crippen LogP contribution in [0.1, 0.15) is 13.3 Å². The maximum Gasteiger partial charge on any atom is 0.246 e. The molecule has 0 aromatic rings. The summed E-state index contributed by atoms with van der Waals surface area (Å²) < 4.78 is 10.1. The van der Waals surface area contributed by atoms with Crippen molar-refractivity contribution < 1.29 is 19.1 Å². The molecule has 1 heterocycles. The molecule has 1 aliphatic rings. The Morgan fingerprint density at radius 3 is 2.76 bits per heavy atom. The lowest BCUT2D eigenvalue weighted by molar-refractivity contribution is -0.150. The number of ether oxygens (including phenoxy) is 2. The fourth-order valence-electron chi connectivity index (χ4n) is 1.66. The fourth-order valence-corrected chi connectivity index (χ4v) is 1.66. The lowest BCUT2D eigenvalue weighted by Crippen LogP contribution is -2.58. The largest absolute Gasteiger partial charge is 0.382 e. The van der Waals surface area contributed by atoms with Crippen molar-refractivity contribution in [2.24, 2.45) is 0 Å². The second-order valence-corrected chi connectivity index (χ2v) is 3.83. The van der Waals surface area contributed by atoms with E-state index >= 15 is 0 Å². The maximum absolute atomic E-state index is 11.8. The van der Waals surface area contributed by atoms with Gasteiger partial charge in [-0.05, 0) is 6.42 Å². The molecule has 1 aliphatic heterocycles. The van der Waals surface area contributed by atoms with Crippen LogP contribution in [0.25, 0.3) is 0 Å². The summed E-state index contributed by atoms with van der Waals surface area (Å²) >= 11 is 0. The molecule has 0 aromatic heterocycles. The summed E-state index contributed by atoms with van der Waals surface area (Å²) in [6, 6.07) is -0.244. The minimum atomic E-state index is -0.244. The summed E-state index contributed by atoms with van der Waals surface area (Å²) in [6.45, 7) is 3.81. The molecule has 0 bridgehead atoms. The van der Waals surface area contributed by atoms with E-state index in [1.165, 1.54) is 4.90 Å². The van der Waals surface area contributed by atoms with Crippen molar-refractivity contribution in [2.75, 3.05) is 40.0 Å². The number of amides is 2. The Bertz CT molecular complexity index is 270. The summed E-state index contributed by atoms with van der Waals surface area (Å²) in [5.74, 6) is -0.339. The Labute approximate surface area is 101 Å². The quantitative estimate of drug-likeness (QED) is 0.478. The molecular formula is C11H20N2O4. The first-order valence-corrected chi connectivity index (χ1v) is 5.85. The number of carbonyl (C=O) groups is 2. The van der Waals surface area contributed by atoms with E-state index in [9.17, 15) is 9.59 Å². The number of carbonyl (C=O) groups excluding carboxylic acids is 2. The highest BCUT2D eigenvalue weighted by molar-refractivity contribution is 6.01. The normalized spacial score (nSPS) is 21.1. The zero-order valence-corrected chi connectivity index (χ0v) is 10.4. The molecule has 0 radical (unpaired) electrons. The van der Waals surface area contributed by atoms with Crippen LogP contribution in [-0.4, -0.2) is 62.8 Å². The van der Waals surface area contributed by atoms with Gasteiger partial charge in [-0.2, -0.15) is 0 Å². The molecule has 1 unspecified atom stereocenters. The number of hydrogen-bond donors (Lipinski definition) is 1. The van der Waals surface area contributed by atoms with E-state index in [4.69, 9.17) is 9.47 Å². The molecule has 0 aromatic carbocycles. The van der Waals surface area contributed by atoms with Crippen molar-refractivity contribution in [3.05, 3.63) is 0 Å². The SMILES string of the molecule is CCC1NCC(=O)N(CCOCCOC)C1=O. The molecule has 1 atom stereocenters. The van der Waals surface area contributed by atoms with Gasteiger partial charge in [0.2, 0.25) is 11.8 Å². The smallest absolute Gasteiger partial charge is 0.246 e. The van der Waals surface area contributed by atoms with E-state index in [2.05, 4.69) is 5.32 Å². The van der Waals surface area contributed by atoms with E-state index in [0.29, 0.717) is 32.8 Å². The van der Waals surface area contributed by atoms with Gasteiger partial charge < -0.3 is 9.47 Å². The maximum atomic E-state index is 11.8. The molecule has 98 valence electrons. The average molecular weight is 244 g/mol. The van der Waals surface area contributed by atoms with Gasteiger partial charge in [-0.3, -0.25) is 19.8 Å². The molecule has 0 spiro atoms. The van der Waals surface area contributed by atoms with E-state index < -0.39 is 0 Å². The van der Waals surface area contributed by atoms with Crippen LogP contribution in [0.5, 0.6) is 0 Å². The number of piperazine rings is 1. The molecule has 2 amide bonds. The third-order valence-electron chi connectivity index (χ3n) is 2.66. The van der Waals surface area contributed by atoms with Crippen molar-refractivity contribution >= 4 is 11.8 Å². The first kappa shape index (κ1) is 14.1. The zero-order valence-electron chi connectivity index (χ0n) is 10.4. The minimum Gasteiger partial charge on any atom is -0.382 e. The van der Waals surface area contributed by atoms with Crippen LogP contribution in [0, 0.1) is 0 Å². The zero-order chi connectivity index (χ0) is 12.7. The molecule has 1 fully saturated rings. The lowest BCUT2D eigenvalue weighted by Gasteiger charge is -2.30. The Balaban J connectivity index is 2.33. The van der Waals surface area contributed by atoms with Gasteiger partial charge in [-0.25, -0.2) is 0 Å². The second-order valence-electron chi connectivity index (χ2n) is 3.83. The summed E-state index contributed by atoms with van der Waals surface area (Å²) in [5, 5.41) is 2.91. The molecule has 0 saturated carbocycles. The Morgan fingerprint density at radius 2 is 2.12 bits per heavy atom. The van der Waals surface area contributed by atoms with E-state index in [0.717, 1.165) is 0 Å². The number of imide groups is 1. The van der Waals surface area contributed by atoms with Gasteiger partial charge in [-0.15, -0.1) is 0 Å². The van der Waals surface area contributed by atoms with E-state index in [1.807, 2.05) is 6.92 Å². The van der Waals surface area contributed by atoms with Gasteiger partial charge in [0, 0.05) is 7.11 Å². The highest BCUT2D eigenvalue weighted by Gasteiger charge is 2.32. The topological polar surface area (TPSA) is 67.9 Å². The number of nitrogens with one attached hydrogen (secondary N) is 1. The third-order valence-corrected chi connectivity index (χ3v) is 2.66. The van der Waals surface area contributed by atoms with Gasteiger partial charge >= 0.3 is 0 Å². The van der Waals surface area contributed by atoms with Crippen LogP contribution in [0.2, 0.25) is 0 Å². The van der Waals surface area contributed by atoms with Crippen molar-refractivity contribution in [1.29, 1.82) is 0 Å². The predicted molar refractivity (Wildman–Crippen MR) is 61.5 cm³/mol. The molecule has 17 heavy (non-hydrogen) atoms. The highest BCUT2D eigenvalue weighted by Crippen LogP contribution is 2.05. The van der Waals surface area contributed by atoms with Gasteiger partial charge in [0.1, 0.15) is 0 Å². The first-order valence-electron chi connectivity index (χ1n) is 5.85. The van der Waals surface area contributed by atoms with Crippen LogP contribution in [-0.2, 0) is 19.1 Å². The summed E-state index contributed by atoms with van der Waals surface area (Å²) in [6.07, 6.45) is 0.688. The van der Waals surface area contributed by atoms with E-state index in [-0.39, 0.29) is 24.4 Å². The Kier molecular flexibility index (Phi) is 6.10. The van der Waals surface area contributed by atoms with Crippen molar-refractivity contribution in [2.45, 2.75) is 19.4 Å². The standard InChI is InChI=1S/C11H20N2O4/c1-3-9-11(15)13(10(14)8-12-9)4-5-17-7-6-16-2/h9,12H,3-8H2,1-2H3. The van der Waals surface area contributed by atoms with Crippen LogP contribution < -0.4 is 5.32 Å². The summed E-state index contributed by atoms with van der Waals surface area (Å²) in [5.41, 5.74) is 0. The molecule has 6 heteroatoms. The van der Waals surface area contributed by atoms with Crippen molar-refractivity contribution in [1.82, 2.24) is 10.2 Å². The molecule has 0 aliphatic carbocycles. The van der Waals surface area contributed by atoms with Crippen LogP contribution in [0.3, 0.4) is 0 Å². The highest BCUT2D eigenvalue weighted by atomic mass is 16.5. The monoisotopic (exact) mass is 244 g/mol. The van der Waals surface area contributed by atoms with Crippen LogP contribution in [0.15, 0.2) is 0 Å². The lowest BCUT2D eigenvalue weighted by atomic mass is 10.1. The molecule has 1 rings (SSSR count). The minimum absolute atomic E-state index is 0.154. The Hall–Kier alpha value is -0.980. The number of hydrogen-bond acceptors (Lipinski definition) is 5. The van der Waals surface area contributed by atoms with E-state index in [1.54, 1.807) is 7.11 Å². The van der Waals surface area contributed by atoms with Gasteiger partial charge in [0.15, 0.2) is 0 Å². The third kappa shape index (κ3) is 4.07. The van der Waals surface area contributed by atoms with Crippen molar-refractivity contribution in [3.63, 3.8) is 0 Å². The molecule has 6 nitrogen and oxygen atoms in total. The number of rotatable bonds is 7. The summed E-state index contributed by atoms with van der Waals surface area (Å²) in [7, 11) is 1.60. The average Bonchev–Trinajstić information content (AvgIpc) is 2.33. The van der Waals surface area contributed by atoms with Crippen LogP contribution in [0.4, 0.5) is 0 Å². The first-order chi connectivity index (χ1) is 8.20. The Morgan fingerprint density at radius 1 is 1.35 bits per heavy atom. The molecule has 1 saturated heterocycles. The van der Waals surface area contributed by atoms with Gasteiger partial charge in [0.25, 0.3) is 0 Å². The second kappa shape index (κ2) is 7.37. The number of nitrogens with zero attached hydrogens (tertiary/aromatic N) is 1. The summed E-state index contributed by atoms with van der Waals surface area (Å²) in [4.78, 5) is 24.7. The van der Waals surface area contributed by atoms with Crippen molar-refractivity contribution in [3.8, 4) is 0 Å². The molecule has 1 N–H and O–H groups in total. The van der Waals surface area contributed by atoms with Gasteiger partial charge in [-0.1, -0.05) is 6.92 Å². The predicted octanol–water partition coefficient (Wildman–Crippen LogP) is -0.614. The number of methoxy groups -OCH3 is 1. The molecular weight excluding hydrogens is 224 g/mol.